The first-order chi connectivity index (χ1) is 11.4. The molecular weight excluding hydrogens is 322 g/mol. The normalized spacial score (nSPS) is 12.0. The first kappa shape index (κ1) is 18.1. The molecule has 1 amide bonds. The zero-order valence-corrected chi connectivity index (χ0v) is 14.8. The molecule has 0 spiro atoms. The van der Waals surface area contributed by atoms with Crippen molar-refractivity contribution in [3.05, 3.63) is 59.7 Å². The minimum atomic E-state index is -0.892. The quantitative estimate of drug-likeness (QED) is 0.751. The van der Waals surface area contributed by atoms with E-state index in [1.807, 2.05) is 12.1 Å². The Morgan fingerprint density at radius 2 is 1.71 bits per heavy atom. The van der Waals surface area contributed by atoms with E-state index in [1.165, 1.54) is 0 Å². The van der Waals surface area contributed by atoms with Crippen molar-refractivity contribution >= 4 is 29.3 Å². The van der Waals surface area contributed by atoms with Crippen molar-refractivity contribution in [1.29, 1.82) is 0 Å². The van der Waals surface area contributed by atoms with Gasteiger partial charge in [-0.25, -0.2) is 0 Å². The number of amides is 1. The van der Waals surface area contributed by atoms with Crippen LogP contribution in [0.25, 0.3) is 0 Å². The fraction of sp³-hybridized carbons (Fsp3) is 0.263. The Kier molecular flexibility index (Phi) is 6.04. The summed E-state index contributed by atoms with van der Waals surface area (Å²) in [6.07, 6.45) is 0. The van der Waals surface area contributed by atoms with E-state index in [0.29, 0.717) is 22.1 Å². The van der Waals surface area contributed by atoms with Crippen molar-refractivity contribution < 1.29 is 14.7 Å². The maximum atomic E-state index is 12.3. The molecule has 2 rings (SSSR count). The maximum absolute atomic E-state index is 12.3. The fourth-order valence-corrected chi connectivity index (χ4v) is 3.03. The molecule has 0 aromatic heterocycles. The Hall–Kier alpha value is -2.27. The van der Waals surface area contributed by atoms with E-state index in [1.54, 1.807) is 55.1 Å². The number of nitrogens with one attached hydrogen (secondary N) is 1. The molecule has 0 aliphatic heterocycles. The molecule has 0 heterocycles. The largest absolute Gasteiger partial charge is 0.481 e. The Morgan fingerprint density at radius 3 is 2.29 bits per heavy atom. The van der Waals surface area contributed by atoms with Gasteiger partial charge in [0, 0.05) is 21.4 Å². The van der Waals surface area contributed by atoms with Crippen molar-refractivity contribution in [1.82, 2.24) is 0 Å². The molecule has 4 nitrogen and oxygen atoms in total. The van der Waals surface area contributed by atoms with E-state index < -0.39 is 11.9 Å². The highest BCUT2D eigenvalue weighted by atomic mass is 32.2. The van der Waals surface area contributed by atoms with E-state index in [0.717, 1.165) is 4.90 Å². The molecule has 5 heteroatoms. The van der Waals surface area contributed by atoms with E-state index in [4.69, 9.17) is 5.11 Å². The highest BCUT2D eigenvalue weighted by molar-refractivity contribution is 7.99. The number of benzene rings is 2. The van der Waals surface area contributed by atoms with Crippen molar-refractivity contribution in [2.45, 2.75) is 36.8 Å². The lowest BCUT2D eigenvalue weighted by atomic mass is 10.0. The summed E-state index contributed by atoms with van der Waals surface area (Å²) in [7, 11) is 0. The third kappa shape index (κ3) is 4.86. The van der Waals surface area contributed by atoms with Crippen LogP contribution < -0.4 is 5.32 Å². The van der Waals surface area contributed by atoms with Gasteiger partial charge in [-0.15, -0.1) is 11.8 Å². The summed E-state index contributed by atoms with van der Waals surface area (Å²) >= 11 is 1.74. The number of carboxylic acid groups (broad SMARTS) is 1. The molecule has 2 aromatic carbocycles. The van der Waals surface area contributed by atoms with Crippen LogP contribution in [0, 0.1) is 0 Å². The first-order valence-electron chi connectivity index (χ1n) is 7.77. The third-order valence-corrected chi connectivity index (χ3v) is 4.52. The lowest BCUT2D eigenvalue weighted by Crippen LogP contribution is -2.13. The van der Waals surface area contributed by atoms with E-state index in [2.05, 4.69) is 19.2 Å². The van der Waals surface area contributed by atoms with Crippen molar-refractivity contribution in [2.75, 3.05) is 5.32 Å². The molecule has 1 unspecified atom stereocenters. The van der Waals surface area contributed by atoms with Gasteiger partial charge in [0.05, 0.1) is 5.92 Å². The van der Waals surface area contributed by atoms with Crippen LogP contribution in [0.5, 0.6) is 0 Å². The Balaban J connectivity index is 2.09. The summed E-state index contributed by atoms with van der Waals surface area (Å²) in [5, 5.41) is 12.4. The topological polar surface area (TPSA) is 66.4 Å². The van der Waals surface area contributed by atoms with Crippen molar-refractivity contribution in [3.63, 3.8) is 0 Å². The molecule has 0 aliphatic rings. The SMILES string of the molecule is CC(C)Sc1ccc(C(=O)Nc2cccc(C(C)C(=O)O)c2)cc1. The fourth-order valence-electron chi connectivity index (χ4n) is 2.19. The highest BCUT2D eigenvalue weighted by Gasteiger charge is 2.14. The number of aliphatic carboxylic acids is 1. The molecule has 2 N–H and O–H groups in total. The number of rotatable bonds is 6. The van der Waals surface area contributed by atoms with E-state index in [-0.39, 0.29) is 5.91 Å². The van der Waals surface area contributed by atoms with E-state index in [9.17, 15) is 9.59 Å². The van der Waals surface area contributed by atoms with Crippen LogP contribution in [0.2, 0.25) is 0 Å². The summed E-state index contributed by atoms with van der Waals surface area (Å²) in [5.74, 6) is -1.72. The lowest BCUT2D eigenvalue weighted by molar-refractivity contribution is -0.138. The minimum absolute atomic E-state index is 0.212. The standard InChI is InChI=1S/C19H21NO3S/c1-12(2)24-17-9-7-14(8-10-17)18(21)20-16-6-4-5-15(11-16)13(3)19(22)23/h4-13H,1-3H3,(H,20,21)(H,22,23). The van der Waals surface area contributed by atoms with E-state index >= 15 is 0 Å². The van der Waals surface area contributed by atoms with Gasteiger partial charge >= 0.3 is 5.97 Å². The van der Waals surface area contributed by atoms with Gasteiger partial charge in [0.15, 0.2) is 0 Å². The summed E-state index contributed by atoms with van der Waals surface area (Å²) in [6, 6.07) is 14.4. The summed E-state index contributed by atoms with van der Waals surface area (Å²) in [4.78, 5) is 24.5. The minimum Gasteiger partial charge on any atom is -0.481 e. The third-order valence-electron chi connectivity index (χ3n) is 3.50. The molecule has 0 fully saturated rings. The molecule has 2 aromatic rings. The average molecular weight is 343 g/mol. The van der Waals surface area contributed by atoms with Crippen LogP contribution in [0.3, 0.4) is 0 Å². The number of carbonyl (C=O) groups is 2. The number of hydrogen-bond donors (Lipinski definition) is 2. The van der Waals surface area contributed by atoms with Gasteiger partial charge in [-0.05, 0) is 48.9 Å². The summed E-state index contributed by atoms with van der Waals surface area (Å²) < 4.78 is 0. The summed E-state index contributed by atoms with van der Waals surface area (Å²) in [5.41, 5.74) is 1.81. The smallest absolute Gasteiger partial charge is 0.310 e. The Labute approximate surface area is 146 Å². The van der Waals surface area contributed by atoms with Gasteiger partial charge in [0.1, 0.15) is 0 Å². The zero-order valence-electron chi connectivity index (χ0n) is 13.9. The average Bonchev–Trinajstić information content (AvgIpc) is 2.54. The van der Waals surface area contributed by atoms with Gasteiger partial charge in [-0.2, -0.15) is 0 Å². The first-order valence-corrected chi connectivity index (χ1v) is 8.65. The molecule has 1 atom stereocenters. The van der Waals surface area contributed by atoms with Gasteiger partial charge < -0.3 is 10.4 Å². The molecule has 0 saturated heterocycles. The second-order valence-corrected chi connectivity index (χ2v) is 7.48. The van der Waals surface area contributed by atoms with Crippen LogP contribution in [0.15, 0.2) is 53.4 Å². The Morgan fingerprint density at radius 1 is 1.04 bits per heavy atom. The predicted molar refractivity (Wildman–Crippen MR) is 97.9 cm³/mol. The van der Waals surface area contributed by atoms with Gasteiger partial charge in [0.25, 0.3) is 5.91 Å². The maximum Gasteiger partial charge on any atom is 0.310 e. The molecule has 0 saturated carbocycles. The van der Waals surface area contributed by atoms with Gasteiger partial charge in [-0.3, -0.25) is 9.59 Å². The van der Waals surface area contributed by atoms with Crippen LogP contribution in [0.1, 0.15) is 42.6 Å². The van der Waals surface area contributed by atoms with Gasteiger partial charge in [-0.1, -0.05) is 26.0 Å². The second-order valence-electron chi connectivity index (χ2n) is 5.83. The van der Waals surface area contributed by atoms with Crippen molar-refractivity contribution in [2.24, 2.45) is 0 Å². The second kappa shape index (κ2) is 8.02. The van der Waals surface area contributed by atoms with Crippen LogP contribution in [-0.2, 0) is 4.79 Å². The van der Waals surface area contributed by atoms with Crippen LogP contribution >= 0.6 is 11.8 Å². The molecule has 126 valence electrons. The monoisotopic (exact) mass is 343 g/mol. The van der Waals surface area contributed by atoms with Crippen LogP contribution in [-0.4, -0.2) is 22.2 Å². The van der Waals surface area contributed by atoms with Crippen LogP contribution in [0.4, 0.5) is 5.69 Å². The lowest BCUT2D eigenvalue weighted by Gasteiger charge is -2.10. The van der Waals surface area contributed by atoms with Gasteiger partial charge in [0.2, 0.25) is 0 Å². The molecule has 0 aliphatic carbocycles. The molecule has 0 bridgehead atoms. The summed E-state index contributed by atoms with van der Waals surface area (Å²) in [6.45, 7) is 5.86. The molecule has 0 radical (unpaired) electrons. The zero-order chi connectivity index (χ0) is 17.7. The number of thioether (sulfide) groups is 1. The molecule has 24 heavy (non-hydrogen) atoms. The molecular formula is C19H21NO3S. The number of carbonyl (C=O) groups excluding carboxylic acids is 1. The number of anilines is 1. The number of hydrogen-bond acceptors (Lipinski definition) is 3. The number of carboxylic acids is 1. The highest BCUT2D eigenvalue weighted by Crippen LogP contribution is 2.24. The Bertz CT molecular complexity index is 726. The predicted octanol–water partition coefficient (Wildman–Crippen LogP) is 4.63. The van der Waals surface area contributed by atoms with Crippen molar-refractivity contribution in [3.8, 4) is 0 Å².